The van der Waals surface area contributed by atoms with E-state index in [4.69, 9.17) is 10.2 Å². The van der Waals surface area contributed by atoms with Crippen LogP contribution in [0.15, 0.2) is 16.5 Å². The minimum Gasteiger partial charge on any atom is -0.456 e. The van der Waals surface area contributed by atoms with E-state index in [2.05, 4.69) is 13.8 Å². The average molecular weight is 252 g/mol. The zero-order valence-electron chi connectivity index (χ0n) is 11.8. The van der Waals surface area contributed by atoms with Crippen molar-refractivity contribution in [2.45, 2.75) is 34.1 Å². The number of carbonyl (C=O) groups is 1. The minimum absolute atomic E-state index is 0.0567. The van der Waals surface area contributed by atoms with Gasteiger partial charge in [-0.1, -0.05) is 20.8 Å². The van der Waals surface area contributed by atoms with Crippen molar-refractivity contribution in [3.8, 4) is 0 Å². The summed E-state index contributed by atoms with van der Waals surface area (Å²) in [5.74, 6) is 1.20. The van der Waals surface area contributed by atoms with Crippen LogP contribution in [-0.2, 0) is 6.42 Å². The van der Waals surface area contributed by atoms with Crippen LogP contribution in [0.5, 0.6) is 0 Å². The topological polar surface area (TPSA) is 59.5 Å². The molecule has 1 aromatic heterocycles. The first-order valence-corrected chi connectivity index (χ1v) is 6.51. The minimum atomic E-state index is -0.0775. The van der Waals surface area contributed by atoms with Crippen molar-refractivity contribution in [2.24, 2.45) is 11.1 Å². The van der Waals surface area contributed by atoms with Crippen molar-refractivity contribution in [3.05, 3.63) is 23.7 Å². The van der Waals surface area contributed by atoms with Crippen molar-refractivity contribution in [1.82, 2.24) is 4.90 Å². The van der Waals surface area contributed by atoms with Gasteiger partial charge in [-0.25, -0.2) is 0 Å². The second-order valence-corrected chi connectivity index (χ2v) is 5.31. The van der Waals surface area contributed by atoms with E-state index < -0.39 is 0 Å². The van der Waals surface area contributed by atoms with E-state index in [-0.39, 0.29) is 11.3 Å². The van der Waals surface area contributed by atoms with Crippen LogP contribution in [0.4, 0.5) is 0 Å². The molecule has 2 N–H and O–H groups in total. The van der Waals surface area contributed by atoms with Crippen LogP contribution < -0.4 is 5.73 Å². The summed E-state index contributed by atoms with van der Waals surface area (Å²) >= 11 is 0. The maximum absolute atomic E-state index is 12.3. The molecule has 0 bridgehead atoms. The maximum Gasteiger partial charge on any atom is 0.289 e. The highest BCUT2D eigenvalue weighted by Crippen LogP contribution is 2.18. The van der Waals surface area contributed by atoms with E-state index in [0.717, 1.165) is 12.2 Å². The summed E-state index contributed by atoms with van der Waals surface area (Å²) in [6.45, 7) is 9.93. The maximum atomic E-state index is 12.3. The Kier molecular flexibility index (Phi) is 4.96. The number of hydrogen-bond donors (Lipinski definition) is 1. The molecule has 18 heavy (non-hydrogen) atoms. The fourth-order valence-electron chi connectivity index (χ4n) is 1.75. The van der Waals surface area contributed by atoms with Gasteiger partial charge in [-0.15, -0.1) is 0 Å². The molecular weight excluding hydrogens is 228 g/mol. The molecule has 0 aliphatic heterocycles. The standard InChI is InChI=1S/C14H24N2O2/c1-5-11-7-8-12(18-11)13(17)16(6-2)10-14(3,4)9-15/h7-8H,5-6,9-10,15H2,1-4H3. The Morgan fingerprint density at radius 3 is 2.50 bits per heavy atom. The Morgan fingerprint density at radius 1 is 1.39 bits per heavy atom. The lowest BCUT2D eigenvalue weighted by Gasteiger charge is -2.30. The van der Waals surface area contributed by atoms with E-state index in [1.807, 2.05) is 19.9 Å². The summed E-state index contributed by atoms with van der Waals surface area (Å²) in [5.41, 5.74) is 5.63. The highest BCUT2D eigenvalue weighted by molar-refractivity contribution is 5.91. The number of furan rings is 1. The number of aryl methyl sites for hydroxylation is 1. The van der Waals surface area contributed by atoms with E-state index in [9.17, 15) is 4.79 Å². The third-order valence-electron chi connectivity index (χ3n) is 3.06. The molecule has 4 heteroatoms. The highest BCUT2D eigenvalue weighted by atomic mass is 16.4. The van der Waals surface area contributed by atoms with Gasteiger partial charge in [0.2, 0.25) is 0 Å². The Bertz CT molecular complexity index is 396. The van der Waals surface area contributed by atoms with Crippen LogP contribution in [0.1, 0.15) is 44.0 Å². The van der Waals surface area contributed by atoms with Gasteiger partial charge in [0, 0.05) is 19.5 Å². The van der Waals surface area contributed by atoms with Gasteiger partial charge in [-0.2, -0.15) is 0 Å². The zero-order valence-corrected chi connectivity index (χ0v) is 11.8. The molecule has 102 valence electrons. The molecule has 0 aromatic carbocycles. The first kappa shape index (κ1) is 14.8. The van der Waals surface area contributed by atoms with Crippen molar-refractivity contribution in [1.29, 1.82) is 0 Å². The Morgan fingerprint density at radius 2 is 2.06 bits per heavy atom. The van der Waals surface area contributed by atoms with Gasteiger partial charge < -0.3 is 15.1 Å². The Balaban J connectivity index is 2.79. The first-order chi connectivity index (χ1) is 8.43. The number of nitrogens with two attached hydrogens (primary N) is 1. The first-order valence-electron chi connectivity index (χ1n) is 6.51. The summed E-state index contributed by atoms with van der Waals surface area (Å²) in [6, 6.07) is 3.61. The monoisotopic (exact) mass is 252 g/mol. The van der Waals surface area contributed by atoms with Crippen molar-refractivity contribution >= 4 is 5.91 Å². The molecule has 4 nitrogen and oxygen atoms in total. The molecule has 1 amide bonds. The molecular formula is C14H24N2O2. The largest absolute Gasteiger partial charge is 0.456 e. The molecule has 0 unspecified atom stereocenters. The molecule has 0 fully saturated rings. The molecule has 0 spiro atoms. The van der Waals surface area contributed by atoms with Gasteiger partial charge in [0.15, 0.2) is 5.76 Å². The van der Waals surface area contributed by atoms with E-state index >= 15 is 0 Å². The van der Waals surface area contributed by atoms with Crippen LogP contribution in [0.25, 0.3) is 0 Å². The van der Waals surface area contributed by atoms with Gasteiger partial charge in [0.05, 0.1) is 0 Å². The summed E-state index contributed by atoms with van der Waals surface area (Å²) in [7, 11) is 0. The number of hydrogen-bond acceptors (Lipinski definition) is 3. The molecule has 1 aromatic rings. The second kappa shape index (κ2) is 6.05. The van der Waals surface area contributed by atoms with Gasteiger partial charge in [-0.05, 0) is 31.0 Å². The van der Waals surface area contributed by atoms with Crippen LogP contribution in [0.3, 0.4) is 0 Å². The Hall–Kier alpha value is -1.29. The smallest absolute Gasteiger partial charge is 0.289 e. The Labute approximate surface area is 109 Å². The molecule has 0 saturated heterocycles. The summed E-state index contributed by atoms with van der Waals surface area (Å²) in [4.78, 5) is 14.1. The SMILES string of the molecule is CCc1ccc(C(=O)N(CC)CC(C)(C)CN)o1. The van der Waals surface area contributed by atoms with Crippen LogP contribution >= 0.6 is 0 Å². The van der Waals surface area contributed by atoms with Crippen molar-refractivity contribution in [3.63, 3.8) is 0 Å². The van der Waals surface area contributed by atoms with Crippen LogP contribution in [0.2, 0.25) is 0 Å². The summed E-state index contributed by atoms with van der Waals surface area (Å²) in [5, 5.41) is 0. The van der Waals surface area contributed by atoms with Gasteiger partial charge in [0.25, 0.3) is 5.91 Å². The fourth-order valence-corrected chi connectivity index (χ4v) is 1.75. The lowest BCUT2D eigenvalue weighted by atomic mass is 9.93. The van der Waals surface area contributed by atoms with Crippen molar-refractivity contribution < 1.29 is 9.21 Å². The number of carbonyl (C=O) groups excluding carboxylic acids is 1. The molecule has 1 rings (SSSR count). The fraction of sp³-hybridized carbons (Fsp3) is 0.643. The number of nitrogens with zero attached hydrogens (tertiary/aromatic N) is 1. The predicted molar refractivity (Wildman–Crippen MR) is 72.5 cm³/mol. The van der Waals surface area contributed by atoms with Crippen molar-refractivity contribution in [2.75, 3.05) is 19.6 Å². The number of rotatable bonds is 6. The molecule has 0 saturated carbocycles. The van der Waals surface area contributed by atoms with Gasteiger partial charge in [0.1, 0.15) is 5.76 Å². The molecule has 0 aliphatic rings. The predicted octanol–water partition coefficient (Wildman–Crippen LogP) is 2.29. The summed E-state index contributed by atoms with van der Waals surface area (Å²) < 4.78 is 5.50. The molecule has 0 aliphatic carbocycles. The van der Waals surface area contributed by atoms with Gasteiger partial charge >= 0.3 is 0 Å². The summed E-state index contributed by atoms with van der Waals surface area (Å²) in [6.07, 6.45) is 0.799. The quantitative estimate of drug-likeness (QED) is 0.845. The highest BCUT2D eigenvalue weighted by Gasteiger charge is 2.25. The lowest BCUT2D eigenvalue weighted by Crippen LogP contribution is -2.41. The molecule has 0 radical (unpaired) electrons. The molecule has 1 heterocycles. The van der Waals surface area contributed by atoms with Crippen LogP contribution in [0, 0.1) is 5.41 Å². The second-order valence-electron chi connectivity index (χ2n) is 5.31. The number of amides is 1. The lowest BCUT2D eigenvalue weighted by molar-refractivity contribution is 0.0667. The normalized spacial score (nSPS) is 11.6. The van der Waals surface area contributed by atoms with Crippen LogP contribution in [-0.4, -0.2) is 30.4 Å². The van der Waals surface area contributed by atoms with Gasteiger partial charge in [-0.3, -0.25) is 4.79 Å². The molecule has 0 atom stereocenters. The zero-order chi connectivity index (χ0) is 13.8. The average Bonchev–Trinajstić information content (AvgIpc) is 2.84. The third kappa shape index (κ3) is 3.60. The third-order valence-corrected chi connectivity index (χ3v) is 3.06. The van der Waals surface area contributed by atoms with E-state index in [1.165, 1.54) is 0 Å². The van der Waals surface area contributed by atoms with E-state index in [1.54, 1.807) is 11.0 Å². The van der Waals surface area contributed by atoms with E-state index in [0.29, 0.717) is 25.4 Å².